The molecule has 0 bridgehead atoms. The number of ether oxygens (including phenoxy) is 1. The first-order valence-electron chi connectivity index (χ1n) is 11.2. The molecule has 4 rings (SSSR count). The molecule has 1 amide bonds. The van der Waals surface area contributed by atoms with Crippen molar-refractivity contribution in [3.8, 4) is 5.75 Å². The molecule has 2 heterocycles. The van der Waals surface area contributed by atoms with Gasteiger partial charge in [-0.1, -0.05) is 19.9 Å². The summed E-state index contributed by atoms with van der Waals surface area (Å²) in [5, 5.41) is 3.17. The lowest BCUT2D eigenvalue weighted by molar-refractivity contribution is -0.125. The van der Waals surface area contributed by atoms with E-state index in [1.807, 2.05) is 18.2 Å². The summed E-state index contributed by atoms with van der Waals surface area (Å²) in [6.07, 6.45) is 1.69. The third-order valence-corrected chi connectivity index (χ3v) is 6.47. The average Bonchev–Trinajstić information content (AvgIpc) is 2.78. The highest BCUT2D eigenvalue weighted by atomic mass is 19.1. The number of fused-ring (bicyclic) bond motifs is 3. The molecular weight excluding hydrogens is 393 g/mol. The second-order valence-corrected chi connectivity index (χ2v) is 8.96. The van der Waals surface area contributed by atoms with Crippen LogP contribution in [0.3, 0.4) is 0 Å². The van der Waals surface area contributed by atoms with E-state index in [0.717, 1.165) is 43.2 Å². The summed E-state index contributed by atoms with van der Waals surface area (Å²) in [7, 11) is 1.68. The van der Waals surface area contributed by atoms with E-state index in [1.54, 1.807) is 7.11 Å². The van der Waals surface area contributed by atoms with E-state index >= 15 is 0 Å². The maximum Gasteiger partial charge on any atom is 0.225 e. The predicted molar refractivity (Wildman–Crippen MR) is 122 cm³/mol. The van der Waals surface area contributed by atoms with Gasteiger partial charge in [0.1, 0.15) is 11.6 Å². The van der Waals surface area contributed by atoms with E-state index in [9.17, 15) is 9.18 Å². The number of rotatable bonds is 6. The van der Waals surface area contributed by atoms with Crippen LogP contribution in [0.25, 0.3) is 0 Å². The summed E-state index contributed by atoms with van der Waals surface area (Å²) in [4.78, 5) is 17.9. The number of halogens is 1. The Bertz CT molecular complexity index is 915. The van der Waals surface area contributed by atoms with Crippen LogP contribution in [0.1, 0.15) is 25.8 Å². The van der Waals surface area contributed by atoms with E-state index in [0.29, 0.717) is 18.9 Å². The number of anilines is 2. The minimum absolute atomic E-state index is 0.0532. The van der Waals surface area contributed by atoms with Crippen molar-refractivity contribution < 1.29 is 13.9 Å². The molecule has 2 aromatic carbocycles. The number of hydrogen-bond acceptors (Lipinski definition) is 4. The quantitative estimate of drug-likeness (QED) is 0.763. The highest BCUT2D eigenvalue weighted by Gasteiger charge is 2.41. The van der Waals surface area contributed by atoms with Crippen LogP contribution in [0.15, 0.2) is 42.5 Å². The van der Waals surface area contributed by atoms with Gasteiger partial charge in [0.05, 0.1) is 19.1 Å². The Kier molecular flexibility index (Phi) is 6.35. The first kappa shape index (κ1) is 21.5. The molecule has 2 atom stereocenters. The van der Waals surface area contributed by atoms with Crippen LogP contribution >= 0.6 is 0 Å². The first-order chi connectivity index (χ1) is 15.0. The molecule has 5 nitrogen and oxygen atoms in total. The molecule has 0 spiro atoms. The van der Waals surface area contributed by atoms with Gasteiger partial charge in [-0.15, -0.1) is 0 Å². The van der Waals surface area contributed by atoms with Gasteiger partial charge < -0.3 is 19.9 Å². The van der Waals surface area contributed by atoms with Crippen molar-refractivity contribution in [2.45, 2.75) is 32.7 Å². The molecule has 2 unspecified atom stereocenters. The van der Waals surface area contributed by atoms with E-state index < -0.39 is 0 Å². The summed E-state index contributed by atoms with van der Waals surface area (Å²) in [6, 6.07) is 12.8. The van der Waals surface area contributed by atoms with Crippen molar-refractivity contribution in [1.82, 2.24) is 5.32 Å². The smallest absolute Gasteiger partial charge is 0.225 e. The van der Waals surface area contributed by atoms with Crippen LogP contribution in [0.5, 0.6) is 5.75 Å². The van der Waals surface area contributed by atoms with Crippen LogP contribution < -0.4 is 19.9 Å². The number of carbonyl (C=O) groups is 1. The van der Waals surface area contributed by atoms with Gasteiger partial charge in [-0.3, -0.25) is 4.79 Å². The first-order valence-corrected chi connectivity index (χ1v) is 11.2. The van der Waals surface area contributed by atoms with Crippen molar-refractivity contribution in [2.24, 2.45) is 11.8 Å². The van der Waals surface area contributed by atoms with Gasteiger partial charge in [0.25, 0.3) is 0 Å². The number of amides is 1. The Balaban J connectivity index is 1.60. The normalized spacial score (nSPS) is 20.3. The fraction of sp³-hybridized carbons (Fsp3) is 0.480. The molecule has 0 radical (unpaired) electrons. The van der Waals surface area contributed by atoms with Gasteiger partial charge >= 0.3 is 0 Å². The van der Waals surface area contributed by atoms with Gasteiger partial charge in [0.15, 0.2) is 0 Å². The molecule has 0 saturated carbocycles. The highest BCUT2D eigenvalue weighted by Crippen LogP contribution is 2.39. The number of methoxy groups -OCH3 is 1. The summed E-state index contributed by atoms with van der Waals surface area (Å²) in [6.45, 7) is 7.39. The third kappa shape index (κ3) is 4.63. The lowest BCUT2D eigenvalue weighted by atomic mass is 9.83. The zero-order valence-electron chi connectivity index (χ0n) is 18.6. The molecule has 166 valence electrons. The molecular formula is C25H32FN3O2. The number of nitrogens with one attached hydrogen (secondary N) is 1. The van der Waals surface area contributed by atoms with Crippen LogP contribution in [0, 0.1) is 17.7 Å². The summed E-state index contributed by atoms with van der Waals surface area (Å²) >= 11 is 0. The molecule has 2 aliphatic heterocycles. The fourth-order valence-electron chi connectivity index (χ4n) is 4.71. The van der Waals surface area contributed by atoms with E-state index in [2.05, 4.69) is 41.1 Å². The lowest BCUT2D eigenvalue weighted by Gasteiger charge is -2.49. The maximum absolute atomic E-state index is 13.4. The summed E-state index contributed by atoms with van der Waals surface area (Å²) in [5.41, 5.74) is 3.35. The summed E-state index contributed by atoms with van der Waals surface area (Å²) in [5.74, 6) is 1.15. The zero-order chi connectivity index (χ0) is 22.0. The van der Waals surface area contributed by atoms with Crippen LogP contribution in [-0.4, -0.2) is 45.2 Å². The number of carbonyl (C=O) groups excluding carboxylic acids is 1. The topological polar surface area (TPSA) is 44.8 Å². The molecule has 2 aliphatic rings. The van der Waals surface area contributed by atoms with Crippen molar-refractivity contribution >= 4 is 17.3 Å². The molecule has 1 fully saturated rings. The number of hydrogen-bond donors (Lipinski definition) is 1. The van der Waals surface area contributed by atoms with Crippen molar-refractivity contribution in [1.29, 1.82) is 0 Å². The third-order valence-electron chi connectivity index (χ3n) is 6.47. The second-order valence-electron chi connectivity index (χ2n) is 8.96. The van der Waals surface area contributed by atoms with Crippen LogP contribution in [0.2, 0.25) is 0 Å². The monoisotopic (exact) mass is 425 g/mol. The van der Waals surface area contributed by atoms with E-state index in [-0.39, 0.29) is 23.7 Å². The Labute approximate surface area is 184 Å². The van der Waals surface area contributed by atoms with Gasteiger partial charge in [-0.2, -0.15) is 0 Å². The standard InChI is InChI=1S/C25H32FN3O2/c1-17(2)10-11-27-25(30)22-14-18-4-9-21(31-3)15-23(18)29-13-12-28(16-24(22)29)20-7-5-19(26)6-8-20/h4-9,15,17,22,24H,10-14,16H2,1-3H3,(H,27,30). The fourth-order valence-corrected chi connectivity index (χ4v) is 4.71. The van der Waals surface area contributed by atoms with E-state index in [1.165, 1.54) is 17.7 Å². The molecule has 31 heavy (non-hydrogen) atoms. The molecule has 1 saturated heterocycles. The number of nitrogens with zero attached hydrogens (tertiary/aromatic N) is 2. The zero-order valence-corrected chi connectivity index (χ0v) is 18.6. The number of piperazine rings is 1. The average molecular weight is 426 g/mol. The Morgan fingerprint density at radius 1 is 1.19 bits per heavy atom. The molecule has 0 aromatic heterocycles. The van der Waals surface area contributed by atoms with Gasteiger partial charge in [0.2, 0.25) is 5.91 Å². The Morgan fingerprint density at radius 2 is 1.97 bits per heavy atom. The second kappa shape index (κ2) is 9.16. The predicted octanol–water partition coefficient (Wildman–Crippen LogP) is 3.86. The van der Waals surface area contributed by atoms with Gasteiger partial charge in [-0.05, 0) is 54.7 Å². The maximum atomic E-state index is 13.4. The minimum atomic E-state index is -0.233. The highest BCUT2D eigenvalue weighted by molar-refractivity contribution is 5.82. The van der Waals surface area contributed by atoms with Gasteiger partial charge in [0, 0.05) is 43.6 Å². The van der Waals surface area contributed by atoms with E-state index in [4.69, 9.17) is 4.74 Å². The van der Waals surface area contributed by atoms with Crippen LogP contribution in [0.4, 0.5) is 15.8 Å². The van der Waals surface area contributed by atoms with Crippen LogP contribution in [-0.2, 0) is 11.2 Å². The van der Waals surface area contributed by atoms with Gasteiger partial charge in [-0.25, -0.2) is 4.39 Å². The summed E-state index contributed by atoms with van der Waals surface area (Å²) < 4.78 is 18.9. The van der Waals surface area contributed by atoms with Crippen molar-refractivity contribution in [3.05, 3.63) is 53.8 Å². The Hall–Kier alpha value is -2.76. The minimum Gasteiger partial charge on any atom is -0.497 e. The molecule has 1 N–H and O–H groups in total. The Morgan fingerprint density at radius 3 is 2.68 bits per heavy atom. The molecule has 2 aromatic rings. The van der Waals surface area contributed by atoms with Crippen molar-refractivity contribution in [3.63, 3.8) is 0 Å². The molecule has 0 aliphatic carbocycles. The number of benzene rings is 2. The van der Waals surface area contributed by atoms with Crippen molar-refractivity contribution in [2.75, 3.05) is 43.1 Å². The largest absolute Gasteiger partial charge is 0.497 e. The molecule has 6 heteroatoms. The SMILES string of the molecule is COc1ccc2c(c1)N1CCN(c3ccc(F)cc3)CC1C(C(=O)NCCC(C)C)C2. The lowest BCUT2D eigenvalue weighted by Crippen LogP contribution is -2.61.